The van der Waals surface area contributed by atoms with Gasteiger partial charge >= 0.3 is 0 Å². The lowest BCUT2D eigenvalue weighted by Gasteiger charge is -2.09. The molecule has 0 heterocycles. The molecule has 0 saturated carbocycles. The number of primary amides is 1. The van der Waals surface area contributed by atoms with Crippen LogP contribution in [0.5, 0.6) is 17.2 Å². The lowest BCUT2D eigenvalue weighted by molar-refractivity contribution is -0.119. The summed E-state index contributed by atoms with van der Waals surface area (Å²) in [5.74, 6) is 0.330. The number of nitrogens with one attached hydrogen (secondary N) is 1. The van der Waals surface area contributed by atoms with Crippen molar-refractivity contribution in [1.82, 2.24) is 5.43 Å². The maximum absolute atomic E-state index is 12.2. The minimum atomic E-state index is -0.595. The van der Waals surface area contributed by atoms with Crippen molar-refractivity contribution in [3.63, 3.8) is 0 Å². The van der Waals surface area contributed by atoms with E-state index in [9.17, 15) is 9.59 Å². The first kappa shape index (κ1) is 20.2. The number of rotatable bonds is 8. The molecule has 0 unspecified atom stereocenters. The van der Waals surface area contributed by atoms with Crippen molar-refractivity contribution in [3.8, 4) is 17.2 Å². The quantitative estimate of drug-likeness (QED) is 0.486. The summed E-state index contributed by atoms with van der Waals surface area (Å²) in [7, 11) is 3.00. The third-order valence-corrected chi connectivity index (χ3v) is 3.85. The average molecular weight is 436 g/mol. The molecular formula is C18H18BrN3O5. The predicted octanol–water partition coefficient (Wildman–Crippen LogP) is 2.09. The minimum Gasteiger partial charge on any atom is -0.493 e. The zero-order valence-corrected chi connectivity index (χ0v) is 16.3. The largest absolute Gasteiger partial charge is 0.493 e. The zero-order chi connectivity index (χ0) is 19.8. The van der Waals surface area contributed by atoms with Crippen molar-refractivity contribution >= 4 is 34.0 Å². The summed E-state index contributed by atoms with van der Waals surface area (Å²) in [5.41, 5.74) is 8.41. The van der Waals surface area contributed by atoms with Gasteiger partial charge in [-0.3, -0.25) is 9.59 Å². The molecule has 2 aromatic rings. The van der Waals surface area contributed by atoms with Crippen molar-refractivity contribution in [3.05, 3.63) is 52.0 Å². The van der Waals surface area contributed by atoms with E-state index in [1.807, 2.05) is 0 Å². The van der Waals surface area contributed by atoms with Gasteiger partial charge in [-0.25, -0.2) is 5.43 Å². The van der Waals surface area contributed by atoms with Crippen molar-refractivity contribution in [2.24, 2.45) is 10.8 Å². The number of hydrogen-bond acceptors (Lipinski definition) is 6. The van der Waals surface area contributed by atoms with Crippen LogP contribution in [0.15, 0.2) is 46.0 Å². The number of hydrogen-bond donors (Lipinski definition) is 2. The van der Waals surface area contributed by atoms with Gasteiger partial charge in [0.15, 0.2) is 18.1 Å². The van der Waals surface area contributed by atoms with Gasteiger partial charge in [0.2, 0.25) is 0 Å². The van der Waals surface area contributed by atoms with Crippen molar-refractivity contribution in [1.29, 1.82) is 0 Å². The molecule has 2 aromatic carbocycles. The summed E-state index contributed by atoms with van der Waals surface area (Å²) in [6.07, 6.45) is 1.40. The Kier molecular flexibility index (Phi) is 7.18. The highest BCUT2D eigenvalue weighted by molar-refractivity contribution is 9.10. The van der Waals surface area contributed by atoms with Crippen LogP contribution in [-0.2, 0) is 4.79 Å². The molecule has 0 spiro atoms. The summed E-state index contributed by atoms with van der Waals surface area (Å²) in [4.78, 5) is 23.1. The number of carbonyl (C=O) groups excluding carboxylic acids is 2. The molecule has 27 heavy (non-hydrogen) atoms. The van der Waals surface area contributed by atoms with Crippen LogP contribution >= 0.6 is 15.9 Å². The van der Waals surface area contributed by atoms with Gasteiger partial charge in [-0.2, -0.15) is 5.10 Å². The summed E-state index contributed by atoms with van der Waals surface area (Å²) in [5, 5.41) is 3.93. The number of ether oxygens (including phenoxy) is 3. The second-order valence-electron chi connectivity index (χ2n) is 5.21. The molecule has 0 aromatic heterocycles. The van der Waals surface area contributed by atoms with E-state index in [0.717, 1.165) is 4.47 Å². The van der Waals surface area contributed by atoms with Crippen LogP contribution in [0.3, 0.4) is 0 Å². The molecule has 0 atom stereocenters. The Balaban J connectivity index is 2.11. The van der Waals surface area contributed by atoms with Crippen LogP contribution in [-0.4, -0.2) is 38.9 Å². The molecule has 0 aliphatic heterocycles. The number of amides is 2. The molecule has 0 bridgehead atoms. The number of methoxy groups -OCH3 is 2. The molecule has 2 amide bonds. The number of benzene rings is 2. The highest BCUT2D eigenvalue weighted by Crippen LogP contribution is 2.27. The van der Waals surface area contributed by atoms with Gasteiger partial charge in [0.05, 0.1) is 20.4 Å². The Morgan fingerprint density at radius 1 is 1.11 bits per heavy atom. The fourth-order valence-corrected chi connectivity index (χ4v) is 2.48. The molecule has 0 aliphatic carbocycles. The summed E-state index contributed by atoms with van der Waals surface area (Å²) in [6, 6.07) is 9.89. The van der Waals surface area contributed by atoms with Gasteiger partial charge < -0.3 is 19.9 Å². The maximum atomic E-state index is 12.2. The molecule has 9 heteroatoms. The highest BCUT2D eigenvalue weighted by Gasteiger charge is 2.10. The SMILES string of the molecule is COc1ccc(C(=O)N/N=C/c2cc(Br)ccc2OCC(N)=O)cc1OC. The summed E-state index contributed by atoms with van der Waals surface area (Å²) >= 11 is 3.34. The van der Waals surface area contributed by atoms with Crippen molar-refractivity contribution in [2.45, 2.75) is 0 Å². The third kappa shape index (κ3) is 5.71. The second kappa shape index (κ2) is 9.58. The van der Waals surface area contributed by atoms with Gasteiger partial charge in [-0.15, -0.1) is 0 Å². The minimum absolute atomic E-state index is 0.263. The highest BCUT2D eigenvalue weighted by atomic mass is 79.9. The molecule has 2 rings (SSSR count). The second-order valence-corrected chi connectivity index (χ2v) is 6.12. The van der Waals surface area contributed by atoms with E-state index >= 15 is 0 Å². The first-order valence-corrected chi connectivity index (χ1v) is 8.50. The number of nitrogens with two attached hydrogens (primary N) is 1. The first-order valence-electron chi connectivity index (χ1n) is 7.70. The number of halogens is 1. The lowest BCUT2D eigenvalue weighted by Crippen LogP contribution is -2.20. The monoisotopic (exact) mass is 435 g/mol. The van der Waals surface area contributed by atoms with E-state index in [2.05, 4.69) is 26.5 Å². The Bertz CT molecular complexity index is 870. The molecule has 8 nitrogen and oxygen atoms in total. The van der Waals surface area contributed by atoms with E-state index in [1.54, 1.807) is 36.4 Å². The average Bonchev–Trinajstić information content (AvgIpc) is 2.66. The molecule has 0 radical (unpaired) electrons. The van der Waals surface area contributed by atoms with Gasteiger partial charge in [0.25, 0.3) is 11.8 Å². The Hall–Kier alpha value is -3.07. The topological polar surface area (TPSA) is 112 Å². The molecular weight excluding hydrogens is 418 g/mol. The van der Waals surface area contributed by atoms with Crippen LogP contribution in [0.2, 0.25) is 0 Å². The van der Waals surface area contributed by atoms with Crippen LogP contribution in [0.4, 0.5) is 0 Å². The number of carbonyl (C=O) groups is 2. The van der Waals surface area contributed by atoms with E-state index in [1.165, 1.54) is 20.4 Å². The van der Waals surface area contributed by atoms with Crippen LogP contribution in [0.1, 0.15) is 15.9 Å². The van der Waals surface area contributed by atoms with E-state index in [-0.39, 0.29) is 6.61 Å². The predicted molar refractivity (Wildman–Crippen MR) is 103 cm³/mol. The van der Waals surface area contributed by atoms with Gasteiger partial charge in [-0.1, -0.05) is 15.9 Å². The standard InChI is InChI=1S/C18H18BrN3O5/c1-25-15-5-3-11(8-16(15)26-2)18(24)22-21-9-12-7-13(19)4-6-14(12)27-10-17(20)23/h3-9H,10H2,1-2H3,(H2,20,23)(H,22,24)/b21-9+. The van der Waals surface area contributed by atoms with Crippen LogP contribution in [0.25, 0.3) is 0 Å². The Labute approximate surface area is 164 Å². The van der Waals surface area contributed by atoms with Gasteiger partial charge in [0, 0.05) is 15.6 Å². The molecule has 0 fully saturated rings. The number of nitrogens with zero attached hydrogens (tertiary/aromatic N) is 1. The fourth-order valence-electron chi connectivity index (χ4n) is 2.10. The first-order chi connectivity index (χ1) is 12.9. The van der Waals surface area contributed by atoms with Gasteiger partial charge in [-0.05, 0) is 36.4 Å². The maximum Gasteiger partial charge on any atom is 0.271 e. The van der Waals surface area contributed by atoms with Crippen molar-refractivity contribution in [2.75, 3.05) is 20.8 Å². The van der Waals surface area contributed by atoms with E-state index < -0.39 is 11.8 Å². The normalized spacial score (nSPS) is 10.5. The number of hydrazone groups is 1. The summed E-state index contributed by atoms with van der Waals surface area (Å²) in [6.45, 7) is -0.263. The Morgan fingerprint density at radius 2 is 1.81 bits per heavy atom. The zero-order valence-electron chi connectivity index (χ0n) is 14.7. The van der Waals surface area contributed by atoms with E-state index in [0.29, 0.717) is 28.4 Å². The lowest BCUT2D eigenvalue weighted by atomic mass is 10.2. The van der Waals surface area contributed by atoms with Crippen molar-refractivity contribution < 1.29 is 23.8 Å². The Morgan fingerprint density at radius 3 is 2.48 bits per heavy atom. The summed E-state index contributed by atoms with van der Waals surface area (Å²) < 4.78 is 16.4. The molecule has 0 aliphatic rings. The fraction of sp³-hybridized carbons (Fsp3) is 0.167. The molecule has 3 N–H and O–H groups in total. The molecule has 0 saturated heterocycles. The molecule has 142 valence electrons. The van der Waals surface area contributed by atoms with E-state index in [4.69, 9.17) is 19.9 Å². The van der Waals surface area contributed by atoms with Gasteiger partial charge in [0.1, 0.15) is 5.75 Å². The van der Waals surface area contributed by atoms with Crippen LogP contribution in [0, 0.1) is 0 Å². The van der Waals surface area contributed by atoms with Crippen LogP contribution < -0.4 is 25.4 Å². The third-order valence-electron chi connectivity index (χ3n) is 3.36. The smallest absolute Gasteiger partial charge is 0.271 e.